The molecule has 0 spiro atoms. The second kappa shape index (κ2) is 6.90. The number of nitrogens with zero attached hydrogens (tertiary/aromatic N) is 6. The third-order valence-corrected chi connectivity index (χ3v) is 5.04. The van der Waals surface area contributed by atoms with E-state index < -0.39 is 0 Å². The van der Waals surface area contributed by atoms with Crippen molar-refractivity contribution in [1.29, 1.82) is 0 Å². The van der Waals surface area contributed by atoms with E-state index in [1.165, 1.54) is 0 Å². The number of rotatable bonds is 4. The zero-order valence-corrected chi connectivity index (χ0v) is 14.6. The zero-order valence-electron chi connectivity index (χ0n) is 13.8. The Kier molecular flexibility index (Phi) is 4.86. The van der Waals surface area contributed by atoms with Crippen molar-refractivity contribution in [3.05, 3.63) is 28.3 Å². The van der Waals surface area contributed by atoms with Crippen LogP contribution in [-0.4, -0.2) is 53.8 Å². The molecule has 2 aromatic heterocycles. The average molecular weight is 353 g/mol. The molecule has 0 atom stereocenters. The van der Waals surface area contributed by atoms with Gasteiger partial charge in [-0.25, -0.2) is 4.68 Å². The van der Waals surface area contributed by atoms with Crippen molar-refractivity contribution < 1.29 is 9.90 Å². The van der Waals surface area contributed by atoms with Gasteiger partial charge in [0, 0.05) is 13.1 Å². The summed E-state index contributed by atoms with van der Waals surface area (Å²) in [6.07, 6.45) is 3.40. The van der Waals surface area contributed by atoms with Crippen molar-refractivity contribution in [2.45, 2.75) is 45.9 Å². The van der Waals surface area contributed by atoms with Crippen LogP contribution in [0.1, 0.15) is 36.0 Å². The van der Waals surface area contributed by atoms with Crippen LogP contribution >= 0.6 is 11.6 Å². The van der Waals surface area contributed by atoms with Crippen molar-refractivity contribution in [2.24, 2.45) is 0 Å². The molecule has 1 N–H and O–H groups in total. The molecule has 1 aliphatic rings. The maximum atomic E-state index is 12.5. The number of halogens is 1. The number of hydrogen-bond acceptors (Lipinski definition) is 5. The van der Waals surface area contributed by atoms with Gasteiger partial charge in [0.1, 0.15) is 12.2 Å². The number of carbonyl (C=O) groups is 1. The third-order valence-electron chi connectivity index (χ3n) is 4.49. The number of hydrogen-bond donors (Lipinski definition) is 1. The quantitative estimate of drug-likeness (QED) is 0.890. The molecule has 130 valence electrons. The molecule has 0 aliphatic carbocycles. The summed E-state index contributed by atoms with van der Waals surface area (Å²) in [7, 11) is 0. The van der Waals surface area contributed by atoms with Gasteiger partial charge in [-0.15, -0.1) is 5.10 Å². The van der Waals surface area contributed by atoms with Crippen LogP contribution in [-0.2, 0) is 17.9 Å². The Bertz CT molecular complexity index is 732. The fraction of sp³-hybridized carbons (Fsp3) is 0.600. The Balaban J connectivity index is 1.57. The molecule has 3 rings (SSSR count). The van der Waals surface area contributed by atoms with Crippen molar-refractivity contribution >= 4 is 17.5 Å². The highest BCUT2D eigenvalue weighted by atomic mass is 35.5. The van der Waals surface area contributed by atoms with Gasteiger partial charge in [-0.05, 0) is 26.7 Å². The molecule has 1 amide bonds. The number of aliphatic hydroxyl groups is 1. The normalized spacial score (nSPS) is 15.9. The fourth-order valence-corrected chi connectivity index (χ4v) is 3.14. The summed E-state index contributed by atoms with van der Waals surface area (Å²) in [5, 5.41) is 21.9. The molecule has 24 heavy (non-hydrogen) atoms. The van der Waals surface area contributed by atoms with Gasteiger partial charge < -0.3 is 10.0 Å². The summed E-state index contributed by atoms with van der Waals surface area (Å²) in [5.74, 6) is 0.0466. The summed E-state index contributed by atoms with van der Waals surface area (Å²) in [5.41, 5.74) is 2.12. The molecule has 0 aromatic carbocycles. The fourth-order valence-electron chi connectivity index (χ4n) is 3.00. The lowest BCUT2D eigenvalue weighted by atomic mass is 10.1. The SMILES string of the molecule is Cc1nn(CC(=O)N2CCC(n3cc(CO)nn3)CC2)c(C)c1Cl. The Morgan fingerprint density at radius 2 is 2.08 bits per heavy atom. The minimum Gasteiger partial charge on any atom is -0.390 e. The van der Waals surface area contributed by atoms with E-state index in [0.717, 1.165) is 24.2 Å². The van der Waals surface area contributed by atoms with Crippen LogP contribution in [0.3, 0.4) is 0 Å². The Morgan fingerprint density at radius 3 is 2.62 bits per heavy atom. The predicted molar refractivity (Wildman–Crippen MR) is 87.5 cm³/mol. The number of aryl methyl sites for hydroxylation is 1. The summed E-state index contributed by atoms with van der Waals surface area (Å²) in [6, 6.07) is 0.213. The van der Waals surface area contributed by atoms with Crippen LogP contribution in [0.25, 0.3) is 0 Å². The number of aliphatic hydroxyl groups excluding tert-OH is 1. The first kappa shape index (κ1) is 16.9. The molecule has 1 fully saturated rings. The lowest BCUT2D eigenvalue weighted by Crippen LogP contribution is -2.41. The van der Waals surface area contributed by atoms with Gasteiger partial charge in [-0.3, -0.25) is 9.48 Å². The van der Waals surface area contributed by atoms with Gasteiger partial charge in [-0.1, -0.05) is 16.8 Å². The van der Waals surface area contributed by atoms with E-state index >= 15 is 0 Å². The van der Waals surface area contributed by atoms with Crippen LogP contribution in [0.4, 0.5) is 0 Å². The van der Waals surface area contributed by atoms with E-state index in [4.69, 9.17) is 16.7 Å². The van der Waals surface area contributed by atoms with Gasteiger partial charge >= 0.3 is 0 Å². The van der Waals surface area contributed by atoms with Gasteiger partial charge in [0.25, 0.3) is 0 Å². The number of aromatic nitrogens is 5. The van der Waals surface area contributed by atoms with Gasteiger partial charge in [0.2, 0.25) is 5.91 Å². The Hall–Kier alpha value is -1.93. The minimum absolute atomic E-state index is 0.0466. The summed E-state index contributed by atoms with van der Waals surface area (Å²) >= 11 is 6.13. The van der Waals surface area contributed by atoms with Crippen molar-refractivity contribution in [1.82, 2.24) is 29.7 Å². The smallest absolute Gasteiger partial charge is 0.244 e. The Morgan fingerprint density at radius 1 is 1.38 bits per heavy atom. The minimum atomic E-state index is -0.109. The molecule has 0 saturated carbocycles. The first-order chi connectivity index (χ1) is 11.5. The largest absolute Gasteiger partial charge is 0.390 e. The number of carbonyl (C=O) groups excluding carboxylic acids is 1. The van der Waals surface area contributed by atoms with Crippen molar-refractivity contribution in [2.75, 3.05) is 13.1 Å². The molecule has 0 unspecified atom stereocenters. The maximum Gasteiger partial charge on any atom is 0.244 e. The molecule has 1 aliphatic heterocycles. The topological polar surface area (TPSA) is 89.1 Å². The molecule has 3 heterocycles. The van der Waals surface area contributed by atoms with Crippen LogP contribution in [0.2, 0.25) is 5.02 Å². The Labute approximate surface area is 145 Å². The zero-order chi connectivity index (χ0) is 17.3. The number of likely N-dealkylation sites (tertiary alicyclic amines) is 1. The molecule has 2 aromatic rings. The van der Waals surface area contributed by atoms with Gasteiger partial charge in [0.15, 0.2) is 0 Å². The van der Waals surface area contributed by atoms with Crippen molar-refractivity contribution in [3.63, 3.8) is 0 Å². The second-order valence-electron chi connectivity index (χ2n) is 6.10. The van der Waals surface area contributed by atoms with Crippen LogP contribution < -0.4 is 0 Å². The molecule has 0 radical (unpaired) electrons. The summed E-state index contributed by atoms with van der Waals surface area (Å²) in [6.45, 7) is 5.14. The second-order valence-corrected chi connectivity index (χ2v) is 6.48. The first-order valence-corrected chi connectivity index (χ1v) is 8.36. The van der Waals surface area contributed by atoms with E-state index in [1.54, 1.807) is 15.6 Å². The maximum absolute atomic E-state index is 12.5. The van der Waals surface area contributed by atoms with Gasteiger partial charge in [-0.2, -0.15) is 5.10 Å². The van der Waals surface area contributed by atoms with E-state index in [-0.39, 0.29) is 25.1 Å². The van der Waals surface area contributed by atoms with Crippen LogP contribution in [0.5, 0.6) is 0 Å². The monoisotopic (exact) mass is 352 g/mol. The highest BCUT2D eigenvalue weighted by Gasteiger charge is 2.25. The van der Waals surface area contributed by atoms with Crippen LogP contribution in [0.15, 0.2) is 6.20 Å². The van der Waals surface area contributed by atoms with E-state index in [0.29, 0.717) is 23.8 Å². The molecule has 9 heteroatoms. The van der Waals surface area contributed by atoms with Crippen molar-refractivity contribution in [3.8, 4) is 0 Å². The predicted octanol–water partition coefficient (Wildman–Crippen LogP) is 1.10. The molecule has 1 saturated heterocycles. The first-order valence-electron chi connectivity index (χ1n) is 7.98. The van der Waals surface area contributed by atoms with Crippen LogP contribution in [0, 0.1) is 13.8 Å². The van der Waals surface area contributed by atoms with Gasteiger partial charge in [0.05, 0.1) is 35.3 Å². The highest BCUT2D eigenvalue weighted by molar-refractivity contribution is 6.31. The molecular weight excluding hydrogens is 332 g/mol. The highest BCUT2D eigenvalue weighted by Crippen LogP contribution is 2.23. The van der Waals surface area contributed by atoms with E-state index in [2.05, 4.69) is 15.4 Å². The summed E-state index contributed by atoms with van der Waals surface area (Å²) < 4.78 is 3.45. The molecular formula is C15H21ClN6O2. The third kappa shape index (κ3) is 3.29. The lowest BCUT2D eigenvalue weighted by Gasteiger charge is -2.31. The molecule has 8 nitrogen and oxygen atoms in total. The average Bonchev–Trinajstić information content (AvgIpc) is 3.16. The van der Waals surface area contributed by atoms with E-state index in [9.17, 15) is 4.79 Å². The number of piperidine rings is 1. The number of amides is 1. The summed E-state index contributed by atoms with van der Waals surface area (Å²) in [4.78, 5) is 14.3. The van der Waals surface area contributed by atoms with E-state index in [1.807, 2.05) is 18.7 Å². The lowest BCUT2D eigenvalue weighted by molar-refractivity contribution is -0.133. The molecule has 0 bridgehead atoms. The standard InChI is InChI=1S/C15H21ClN6O2/c1-10-15(16)11(2)21(18-10)8-14(24)20-5-3-13(4-6-20)22-7-12(9-23)17-19-22/h7,13,23H,3-6,8-9H2,1-2H3.